The van der Waals surface area contributed by atoms with Crippen LogP contribution in [0.15, 0.2) is 49.1 Å². The maximum absolute atomic E-state index is 6.17. The average molecular weight is 607 g/mol. The fourth-order valence-corrected chi connectivity index (χ4v) is 7.66. The molecule has 3 fully saturated rings. The normalized spacial score (nSPS) is 27.8. The second-order valence-electron chi connectivity index (χ2n) is 14.6. The zero-order chi connectivity index (χ0) is 30.7. The quantitative estimate of drug-likeness (QED) is 0.109. The fourth-order valence-electron chi connectivity index (χ4n) is 7.66. The standard InChI is InChI=1S/C41H66O3/c1-3-4-5-6-9-31-42-40-29-23-38(24-30-40)20-19-37-17-15-35(16-18-37)11-7-8-12-36-21-27-41(28-22-36)44-33-10-32-43-39-25-13-34(2)14-26-39/h3,19-22,27-28,34-35,37-40H,1,4-18,23-26,29-33H2,2H3. The lowest BCUT2D eigenvalue weighted by molar-refractivity contribution is 0.0146. The van der Waals surface area contributed by atoms with Gasteiger partial charge in [0.1, 0.15) is 5.75 Å². The number of rotatable bonds is 20. The average Bonchev–Trinajstić information content (AvgIpc) is 3.06. The van der Waals surface area contributed by atoms with E-state index in [1.54, 1.807) is 0 Å². The van der Waals surface area contributed by atoms with Crippen molar-refractivity contribution in [3.05, 3.63) is 54.6 Å². The SMILES string of the molecule is C=CCCCCCOC1CCC(C=CC2CCC(CCCCc3ccc(OCCCOC4CCC(C)CC4)cc3)CC2)CC1. The summed E-state index contributed by atoms with van der Waals surface area (Å²) in [6.45, 7) is 8.68. The lowest BCUT2D eigenvalue weighted by Gasteiger charge is -2.29. The molecule has 3 aliphatic carbocycles. The van der Waals surface area contributed by atoms with Gasteiger partial charge >= 0.3 is 0 Å². The molecule has 1 aromatic rings. The molecule has 0 bridgehead atoms. The third-order valence-corrected chi connectivity index (χ3v) is 10.8. The Kier molecular flexibility index (Phi) is 17.0. The number of hydrogen-bond acceptors (Lipinski definition) is 3. The Morgan fingerprint density at radius 2 is 1.25 bits per heavy atom. The number of ether oxygens (including phenoxy) is 3. The van der Waals surface area contributed by atoms with Gasteiger partial charge in [-0.3, -0.25) is 0 Å². The van der Waals surface area contributed by atoms with Crippen molar-refractivity contribution in [3.63, 3.8) is 0 Å². The smallest absolute Gasteiger partial charge is 0.119 e. The van der Waals surface area contributed by atoms with Crippen LogP contribution < -0.4 is 4.74 Å². The van der Waals surface area contributed by atoms with E-state index in [2.05, 4.69) is 49.9 Å². The molecule has 3 saturated carbocycles. The number of aryl methyl sites for hydroxylation is 1. The van der Waals surface area contributed by atoms with Crippen molar-refractivity contribution in [1.29, 1.82) is 0 Å². The zero-order valence-electron chi connectivity index (χ0n) is 28.4. The molecule has 0 aromatic heterocycles. The van der Waals surface area contributed by atoms with Gasteiger partial charge in [0.25, 0.3) is 0 Å². The van der Waals surface area contributed by atoms with E-state index in [9.17, 15) is 0 Å². The van der Waals surface area contributed by atoms with Crippen LogP contribution in [0.25, 0.3) is 0 Å². The van der Waals surface area contributed by atoms with Crippen molar-refractivity contribution >= 4 is 0 Å². The molecule has 0 N–H and O–H groups in total. The molecular formula is C41H66O3. The largest absolute Gasteiger partial charge is 0.494 e. The van der Waals surface area contributed by atoms with E-state index in [0.29, 0.717) is 12.2 Å². The second kappa shape index (κ2) is 21.3. The van der Waals surface area contributed by atoms with Gasteiger partial charge in [-0.05, 0) is 151 Å². The third-order valence-electron chi connectivity index (χ3n) is 10.8. The van der Waals surface area contributed by atoms with E-state index < -0.39 is 0 Å². The summed E-state index contributed by atoms with van der Waals surface area (Å²) in [5.41, 5.74) is 1.45. The van der Waals surface area contributed by atoms with Gasteiger partial charge < -0.3 is 14.2 Å². The van der Waals surface area contributed by atoms with E-state index in [1.807, 2.05) is 6.08 Å². The van der Waals surface area contributed by atoms with Crippen molar-refractivity contribution in [2.45, 2.75) is 154 Å². The number of benzene rings is 1. The molecule has 0 saturated heterocycles. The second-order valence-corrected chi connectivity index (χ2v) is 14.6. The molecule has 44 heavy (non-hydrogen) atoms. The number of allylic oxidation sites excluding steroid dienone is 3. The highest BCUT2D eigenvalue weighted by atomic mass is 16.5. The highest BCUT2D eigenvalue weighted by molar-refractivity contribution is 5.27. The first-order valence-electron chi connectivity index (χ1n) is 18.9. The Morgan fingerprint density at radius 1 is 0.636 bits per heavy atom. The minimum Gasteiger partial charge on any atom is -0.494 e. The molecule has 0 unspecified atom stereocenters. The highest BCUT2D eigenvalue weighted by Gasteiger charge is 2.22. The van der Waals surface area contributed by atoms with E-state index in [-0.39, 0.29) is 0 Å². The van der Waals surface area contributed by atoms with Gasteiger partial charge in [-0.1, -0.05) is 56.5 Å². The Balaban J connectivity index is 0.967. The number of unbranched alkanes of at least 4 members (excludes halogenated alkanes) is 4. The summed E-state index contributed by atoms with van der Waals surface area (Å²) in [5.74, 6) is 4.44. The molecule has 0 aliphatic heterocycles. The van der Waals surface area contributed by atoms with Crippen LogP contribution in [-0.4, -0.2) is 32.0 Å². The lowest BCUT2D eigenvalue weighted by Crippen LogP contribution is -2.21. The molecule has 0 spiro atoms. The van der Waals surface area contributed by atoms with E-state index in [1.165, 1.54) is 128 Å². The minimum absolute atomic E-state index is 0.483. The van der Waals surface area contributed by atoms with Crippen molar-refractivity contribution in [2.24, 2.45) is 23.7 Å². The van der Waals surface area contributed by atoms with Crippen molar-refractivity contribution in [3.8, 4) is 5.75 Å². The molecule has 0 radical (unpaired) electrons. The molecule has 3 aliphatic rings. The van der Waals surface area contributed by atoms with E-state index >= 15 is 0 Å². The summed E-state index contributed by atoms with van der Waals surface area (Å²) >= 11 is 0. The highest BCUT2D eigenvalue weighted by Crippen LogP contribution is 2.34. The Hall–Kier alpha value is -1.58. The van der Waals surface area contributed by atoms with Crippen LogP contribution in [0.2, 0.25) is 0 Å². The van der Waals surface area contributed by atoms with Crippen molar-refractivity contribution in [2.75, 3.05) is 19.8 Å². The molecular weight excluding hydrogens is 540 g/mol. The molecule has 4 rings (SSSR count). The molecule has 0 atom stereocenters. The lowest BCUT2D eigenvalue weighted by atomic mass is 9.78. The van der Waals surface area contributed by atoms with Gasteiger partial charge in [0.15, 0.2) is 0 Å². The molecule has 3 heteroatoms. The predicted molar refractivity (Wildman–Crippen MR) is 186 cm³/mol. The minimum atomic E-state index is 0.483. The van der Waals surface area contributed by atoms with Gasteiger partial charge in [-0.15, -0.1) is 6.58 Å². The summed E-state index contributed by atoms with van der Waals surface area (Å²) in [6, 6.07) is 8.83. The van der Waals surface area contributed by atoms with E-state index in [0.717, 1.165) is 62.1 Å². The van der Waals surface area contributed by atoms with Crippen LogP contribution in [0.3, 0.4) is 0 Å². The summed E-state index contributed by atoms with van der Waals surface area (Å²) < 4.78 is 18.2. The van der Waals surface area contributed by atoms with Crippen LogP contribution in [0, 0.1) is 23.7 Å². The van der Waals surface area contributed by atoms with Crippen LogP contribution >= 0.6 is 0 Å². The monoisotopic (exact) mass is 607 g/mol. The summed E-state index contributed by atoms with van der Waals surface area (Å²) in [7, 11) is 0. The maximum atomic E-state index is 6.17. The summed E-state index contributed by atoms with van der Waals surface area (Å²) in [4.78, 5) is 0. The molecule has 3 nitrogen and oxygen atoms in total. The van der Waals surface area contributed by atoms with Gasteiger partial charge in [0.2, 0.25) is 0 Å². The third kappa shape index (κ3) is 14.2. The predicted octanol–water partition coefficient (Wildman–Crippen LogP) is 11.4. The van der Waals surface area contributed by atoms with Crippen LogP contribution in [-0.2, 0) is 15.9 Å². The number of hydrogen-bond donors (Lipinski definition) is 0. The fraction of sp³-hybridized carbons (Fsp3) is 0.756. The first kappa shape index (κ1) is 35.3. The van der Waals surface area contributed by atoms with Crippen LogP contribution in [0.5, 0.6) is 5.75 Å². The Bertz CT molecular complexity index is 883. The van der Waals surface area contributed by atoms with Crippen molar-refractivity contribution < 1.29 is 14.2 Å². The maximum Gasteiger partial charge on any atom is 0.119 e. The molecule has 1 aromatic carbocycles. The van der Waals surface area contributed by atoms with Gasteiger partial charge in [-0.25, -0.2) is 0 Å². The van der Waals surface area contributed by atoms with Crippen LogP contribution in [0.1, 0.15) is 141 Å². The molecule has 248 valence electrons. The van der Waals surface area contributed by atoms with E-state index in [4.69, 9.17) is 14.2 Å². The molecule has 0 heterocycles. The Labute approximate surface area is 271 Å². The summed E-state index contributed by atoms with van der Waals surface area (Å²) in [5, 5.41) is 0. The first-order valence-corrected chi connectivity index (χ1v) is 18.9. The topological polar surface area (TPSA) is 27.7 Å². The van der Waals surface area contributed by atoms with Crippen molar-refractivity contribution in [1.82, 2.24) is 0 Å². The first-order chi connectivity index (χ1) is 21.7. The van der Waals surface area contributed by atoms with Crippen LogP contribution in [0.4, 0.5) is 0 Å². The summed E-state index contributed by atoms with van der Waals surface area (Å²) in [6.07, 6.45) is 35.2. The Morgan fingerprint density at radius 3 is 1.91 bits per heavy atom. The van der Waals surface area contributed by atoms with Gasteiger partial charge in [-0.2, -0.15) is 0 Å². The van der Waals surface area contributed by atoms with Gasteiger partial charge in [0, 0.05) is 13.0 Å². The zero-order valence-corrected chi connectivity index (χ0v) is 28.4. The van der Waals surface area contributed by atoms with Gasteiger partial charge in [0.05, 0.1) is 25.4 Å². The molecule has 0 amide bonds.